The largest absolute Gasteiger partial charge is 0.475 e. The summed E-state index contributed by atoms with van der Waals surface area (Å²) in [5, 5.41) is 3.44. The average molecular weight is 222 g/mol. The van der Waals surface area contributed by atoms with E-state index < -0.39 is 0 Å². The van der Waals surface area contributed by atoms with Crippen LogP contribution in [0.2, 0.25) is 0 Å². The molecule has 0 radical (unpaired) electrons. The van der Waals surface area contributed by atoms with Gasteiger partial charge in [0.05, 0.1) is 6.61 Å². The Kier molecular flexibility index (Phi) is 4.13. The van der Waals surface area contributed by atoms with Crippen molar-refractivity contribution in [3.05, 3.63) is 23.9 Å². The molecule has 1 fully saturated rings. The zero-order valence-corrected chi connectivity index (χ0v) is 9.61. The maximum absolute atomic E-state index is 5.38. The number of hydrogen-bond acceptors (Lipinski definition) is 4. The number of methoxy groups -OCH3 is 1. The van der Waals surface area contributed by atoms with E-state index in [0.717, 1.165) is 12.6 Å². The molecule has 2 rings (SSSR count). The second kappa shape index (κ2) is 5.82. The van der Waals surface area contributed by atoms with Crippen LogP contribution < -0.4 is 10.1 Å². The highest BCUT2D eigenvalue weighted by Gasteiger charge is 2.19. The molecule has 0 aromatic carbocycles. The summed E-state index contributed by atoms with van der Waals surface area (Å²) in [5.41, 5.74) is 1.20. The number of pyridine rings is 1. The first-order chi connectivity index (χ1) is 7.88. The number of nitrogens with zero attached hydrogens (tertiary/aromatic N) is 1. The molecule has 1 saturated carbocycles. The van der Waals surface area contributed by atoms with Crippen LogP contribution in [0.4, 0.5) is 0 Å². The van der Waals surface area contributed by atoms with Gasteiger partial charge in [-0.15, -0.1) is 0 Å². The SMILES string of the molecule is COCCOc1ccc(CNC2CC2)cn1. The Hall–Kier alpha value is -1.13. The van der Waals surface area contributed by atoms with E-state index in [2.05, 4.69) is 10.3 Å². The minimum atomic E-state index is 0.545. The third-order valence-corrected chi connectivity index (χ3v) is 2.51. The summed E-state index contributed by atoms with van der Waals surface area (Å²) in [7, 11) is 1.66. The lowest BCUT2D eigenvalue weighted by Crippen LogP contribution is -2.15. The number of hydrogen-bond donors (Lipinski definition) is 1. The van der Waals surface area contributed by atoms with E-state index in [1.807, 2.05) is 18.3 Å². The van der Waals surface area contributed by atoms with Crippen molar-refractivity contribution < 1.29 is 9.47 Å². The average Bonchev–Trinajstić information content (AvgIpc) is 3.12. The highest BCUT2D eigenvalue weighted by molar-refractivity contribution is 5.17. The first-order valence-electron chi connectivity index (χ1n) is 5.68. The molecule has 0 aliphatic heterocycles. The third-order valence-electron chi connectivity index (χ3n) is 2.51. The Morgan fingerprint density at radius 1 is 1.38 bits per heavy atom. The third kappa shape index (κ3) is 3.79. The van der Waals surface area contributed by atoms with Crippen molar-refractivity contribution in [2.75, 3.05) is 20.3 Å². The Morgan fingerprint density at radius 2 is 2.25 bits per heavy atom. The predicted octanol–water partition coefficient (Wildman–Crippen LogP) is 1.36. The van der Waals surface area contributed by atoms with Crippen LogP contribution in [0.1, 0.15) is 18.4 Å². The first kappa shape index (κ1) is 11.4. The topological polar surface area (TPSA) is 43.4 Å². The Morgan fingerprint density at radius 3 is 2.88 bits per heavy atom. The fourth-order valence-corrected chi connectivity index (χ4v) is 1.38. The maximum atomic E-state index is 5.38. The van der Waals surface area contributed by atoms with Crippen LogP contribution in [-0.2, 0) is 11.3 Å². The van der Waals surface area contributed by atoms with Gasteiger partial charge in [-0.25, -0.2) is 4.98 Å². The standard InChI is InChI=1S/C12H18N2O2/c1-15-6-7-16-12-5-2-10(9-14-12)8-13-11-3-4-11/h2,5,9,11,13H,3-4,6-8H2,1H3. The van der Waals surface area contributed by atoms with Crippen molar-refractivity contribution in [1.82, 2.24) is 10.3 Å². The minimum absolute atomic E-state index is 0.545. The lowest BCUT2D eigenvalue weighted by molar-refractivity contribution is 0.143. The van der Waals surface area contributed by atoms with E-state index in [-0.39, 0.29) is 0 Å². The maximum Gasteiger partial charge on any atom is 0.213 e. The predicted molar refractivity (Wildman–Crippen MR) is 61.5 cm³/mol. The molecule has 0 amide bonds. The first-order valence-corrected chi connectivity index (χ1v) is 5.68. The van der Waals surface area contributed by atoms with E-state index in [1.165, 1.54) is 18.4 Å². The normalized spacial score (nSPS) is 15.1. The molecule has 0 spiro atoms. The van der Waals surface area contributed by atoms with Gasteiger partial charge in [-0.1, -0.05) is 6.07 Å². The van der Waals surface area contributed by atoms with E-state index in [1.54, 1.807) is 7.11 Å². The van der Waals surface area contributed by atoms with E-state index in [4.69, 9.17) is 9.47 Å². The van der Waals surface area contributed by atoms with E-state index in [0.29, 0.717) is 19.1 Å². The van der Waals surface area contributed by atoms with Crippen molar-refractivity contribution in [1.29, 1.82) is 0 Å². The molecule has 1 aromatic heterocycles. The molecule has 0 unspecified atom stereocenters. The van der Waals surface area contributed by atoms with Crippen LogP contribution in [0.15, 0.2) is 18.3 Å². The molecule has 1 heterocycles. The molecular formula is C12H18N2O2. The van der Waals surface area contributed by atoms with Gasteiger partial charge in [0.15, 0.2) is 0 Å². The van der Waals surface area contributed by atoms with Gasteiger partial charge in [-0.3, -0.25) is 0 Å². The van der Waals surface area contributed by atoms with E-state index in [9.17, 15) is 0 Å². The molecule has 1 aliphatic rings. The second-order valence-corrected chi connectivity index (χ2v) is 4.00. The monoisotopic (exact) mass is 222 g/mol. The molecule has 0 saturated heterocycles. The van der Waals surface area contributed by atoms with Gasteiger partial charge < -0.3 is 14.8 Å². The zero-order valence-electron chi connectivity index (χ0n) is 9.61. The molecule has 4 nitrogen and oxygen atoms in total. The van der Waals surface area contributed by atoms with Gasteiger partial charge in [0, 0.05) is 32.0 Å². The minimum Gasteiger partial charge on any atom is -0.475 e. The second-order valence-electron chi connectivity index (χ2n) is 4.00. The summed E-state index contributed by atoms with van der Waals surface area (Å²) < 4.78 is 10.3. The van der Waals surface area contributed by atoms with Crippen molar-refractivity contribution in [3.8, 4) is 5.88 Å². The fraction of sp³-hybridized carbons (Fsp3) is 0.583. The van der Waals surface area contributed by atoms with Crippen molar-refractivity contribution in [2.24, 2.45) is 0 Å². The molecular weight excluding hydrogens is 204 g/mol. The molecule has 16 heavy (non-hydrogen) atoms. The van der Waals surface area contributed by atoms with Crippen LogP contribution in [0.5, 0.6) is 5.88 Å². The van der Waals surface area contributed by atoms with Gasteiger partial charge in [-0.2, -0.15) is 0 Å². The zero-order chi connectivity index (χ0) is 11.2. The van der Waals surface area contributed by atoms with Gasteiger partial charge >= 0.3 is 0 Å². The highest BCUT2D eigenvalue weighted by Crippen LogP contribution is 2.19. The smallest absolute Gasteiger partial charge is 0.213 e. The van der Waals surface area contributed by atoms with Crippen LogP contribution in [-0.4, -0.2) is 31.3 Å². The number of nitrogens with one attached hydrogen (secondary N) is 1. The van der Waals surface area contributed by atoms with Crippen molar-refractivity contribution in [2.45, 2.75) is 25.4 Å². The molecule has 0 bridgehead atoms. The van der Waals surface area contributed by atoms with Crippen LogP contribution in [0.3, 0.4) is 0 Å². The van der Waals surface area contributed by atoms with Crippen molar-refractivity contribution >= 4 is 0 Å². The summed E-state index contributed by atoms with van der Waals surface area (Å²) >= 11 is 0. The molecule has 4 heteroatoms. The Labute approximate surface area is 96.0 Å². The number of ether oxygens (including phenoxy) is 2. The molecule has 88 valence electrons. The summed E-state index contributed by atoms with van der Waals surface area (Å²) in [5.74, 6) is 0.659. The van der Waals surface area contributed by atoms with Gasteiger partial charge in [0.25, 0.3) is 0 Å². The van der Waals surface area contributed by atoms with Crippen molar-refractivity contribution in [3.63, 3.8) is 0 Å². The molecule has 1 aliphatic carbocycles. The van der Waals surface area contributed by atoms with Gasteiger partial charge in [0.2, 0.25) is 5.88 Å². The lowest BCUT2D eigenvalue weighted by atomic mass is 10.3. The van der Waals surface area contributed by atoms with E-state index >= 15 is 0 Å². The summed E-state index contributed by atoms with van der Waals surface area (Å²) in [6.45, 7) is 2.03. The summed E-state index contributed by atoms with van der Waals surface area (Å²) in [4.78, 5) is 4.23. The summed E-state index contributed by atoms with van der Waals surface area (Å²) in [6.07, 6.45) is 4.48. The lowest BCUT2D eigenvalue weighted by Gasteiger charge is -2.06. The number of aromatic nitrogens is 1. The highest BCUT2D eigenvalue weighted by atomic mass is 16.5. The summed E-state index contributed by atoms with van der Waals surface area (Å²) in [6, 6.07) is 4.68. The molecule has 0 atom stereocenters. The van der Waals surface area contributed by atoms with Crippen LogP contribution >= 0.6 is 0 Å². The Balaban J connectivity index is 1.74. The molecule has 1 aromatic rings. The van der Waals surface area contributed by atoms with Gasteiger partial charge in [0.1, 0.15) is 6.61 Å². The van der Waals surface area contributed by atoms with Crippen LogP contribution in [0, 0.1) is 0 Å². The van der Waals surface area contributed by atoms with Crippen LogP contribution in [0.25, 0.3) is 0 Å². The van der Waals surface area contributed by atoms with Gasteiger partial charge in [-0.05, 0) is 18.4 Å². The quantitative estimate of drug-likeness (QED) is 0.707. The molecule has 1 N–H and O–H groups in total. The number of rotatable bonds is 7. The fourth-order valence-electron chi connectivity index (χ4n) is 1.38. The Bertz CT molecular complexity index is 309.